The molecule has 0 spiro atoms. The molecule has 0 saturated carbocycles. The average molecular weight is 268 g/mol. The van der Waals surface area contributed by atoms with Crippen molar-refractivity contribution < 1.29 is 13.7 Å². The fourth-order valence-corrected chi connectivity index (χ4v) is 3.14. The maximum atomic E-state index is 12.0. The fourth-order valence-electron chi connectivity index (χ4n) is 1.99. The Bertz CT molecular complexity index is 400. The van der Waals surface area contributed by atoms with Crippen LogP contribution in [0, 0.1) is 6.92 Å². The van der Waals surface area contributed by atoms with Crippen LogP contribution >= 0.6 is 0 Å². The van der Waals surface area contributed by atoms with Gasteiger partial charge in [0.25, 0.3) is 0 Å². The predicted molar refractivity (Wildman–Crippen MR) is 72.8 cm³/mol. The van der Waals surface area contributed by atoms with Gasteiger partial charge in [-0.3, -0.25) is 4.21 Å². The molecule has 18 heavy (non-hydrogen) atoms. The molecule has 0 radical (unpaired) electrons. The van der Waals surface area contributed by atoms with Crippen LogP contribution in [0.15, 0.2) is 24.3 Å². The minimum atomic E-state index is -0.841. The van der Waals surface area contributed by atoms with Gasteiger partial charge in [0.15, 0.2) is 6.29 Å². The largest absolute Gasteiger partial charge is 0.353 e. The van der Waals surface area contributed by atoms with Crippen LogP contribution in [0.4, 0.5) is 0 Å². The third-order valence-electron chi connectivity index (χ3n) is 2.89. The molecule has 0 amide bonds. The summed E-state index contributed by atoms with van der Waals surface area (Å²) in [6, 6.07) is 8.18. The fraction of sp³-hybridized carbons (Fsp3) is 0.571. The Labute approximate surface area is 111 Å². The minimum absolute atomic E-state index is 0.153. The lowest BCUT2D eigenvalue weighted by Crippen LogP contribution is -2.26. The Morgan fingerprint density at radius 3 is 2.83 bits per heavy atom. The van der Waals surface area contributed by atoms with Gasteiger partial charge in [-0.25, -0.2) is 0 Å². The van der Waals surface area contributed by atoms with Crippen molar-refractivity contribution in [3.8, 4) is 0 Å². The van der Waals surface area contributed by atoms with E-state index in [1.54, 1.807) is 0 Å². The molecule has 0 bridgehead atoms. The molecule has 1 unspecified atom stereocenters. The molecule has 0 aromatic heterocycles. The summed E-state index contributed by atoms with van der Waals surface area (Å²) in [7, 11) is -0.841. The summed E-state index contributed by atoms with van der Waals surface area (Å²) in [5.41, 5.74) is 2.35. The van der Waals surface area contributed by atoms with Crippen LogP contribution in [-0.4, -0.2) is 29.5 Å². The average Bonchev–Trinajstić information content (AvgIpc) is 2.38. The first-order valence-corrected chi connectivity index (χ1v) is 7.86. The first kappa shape index (κ1) is 13.7. The molecule has 1 fully saturated rings. The Morgan fingerprint density at radius 1 is 1.33 bits per heavy atom. The van der Waals surface area contributed by atoms with Gasteiger partial charge in [0.05, 0.1) is 13.2 Å². The molecular formula is C14H20O3S. The van der Waals surface area contributed by atoms with Gasteiger partial charge in [-0.1, -0.05) is 29.8 Å². The van der Waals surface area contributed by atoms with Crippen LogP contribution in [0.25, 0.3) is 0 Å². The van der Waals surface area contributed by atoms with Gasteiger partial charge >= 0.3 is 0 Å². The minimum Gasteiger partial charge on any atom is -0.353 e. The summed E-state index contributed by atoms with van der Waals surface area (Å²) in [6.45, 7) is 3.57. The van der Waals surface area contributed by atoms with Crippen molar-refractivity contribution in [3.05, 3.63) is 35.4 Å². The first-order valence-electron chi connectivity index (χ1n) is 6.38. The summed E-state index contributed by atoms with van der Waals surface area (Å²) in [6.07, 6.45) is 1.53. The first-order chi connectivity index (χ1) is 8.74. The highest BCUT2D eigenvalue weighted by molar-refractivity contribution is 7.84. The number of hydrogen-bond acceptors (Lipinski definition) is 3. The van der Waals surface area contributed by atoms with Crippen molar-refractivity contribution in [1.29, 1.82) is 0 Å². The molecule has 1 saturated heterocycles. The van der Waals surface area contributed by atoms with E-state index in [-0.39, 0.29) is 6.29 Å². The summed E-state index contributed by atoms with van der Waals surface area (Å²) >= 11 is 0. The summed E-state index contributed by atoms with van der Waals surface area (Å²) in [5, 5.41) is 0. The van der Waals surface area contributed by atoms with E-state index in [1.807, 2.05) is 12.1 Å². The van der Waals surface area contributed by atoms with Crippen molar-refractivity contribution in [2.24, 2.45) is 0 Å². The maximum Gasteiger partial charge on any atom is 0.158 e. The molecule has 0 N–H and O–H groups in total. The van der Waals surface area contributed by atoms with Gasteiger partial charge in [0, 0.05) is 28.7 Å². The number of aryl methyl sites for hydroxylation is 1. The number of ether oxygens (including phenoxy) is 2. The molecule has 1 aromatic carbocycles. The lowest BCUT2D eigenvalue weighted by molar-refractivity contribution is -0.178. The second-order valence-electron chi connectivity index (χ2n) is 4.59. The van der Waals surface area contributed by atoms with E-state index in [0.717, 1.165) is 31.6 Å². The van der Waals surface area contributed by atoms with E-state index in [2.05, 4.69) is 19.1 Å². The number of hydrogen-bond donors (Lipinski definition) is 0. The maximum absolute atomic E-state index is 12.0. The molecule has 1 aromatic rings. The highest BCUT2D eigenvalue weighted by Gasteiger charge is 2.15. The molecule has 0 aliphatic carbocycles. The van der Waals surface area contributed by atoms with E-state index < -0.39 is 10.8 Å². The summed E-state index contributed by atoms with van der Waals surface area (Å²) in [4.78, 5) is 0. The van der Waals surface area contributed by atoms with Crippen molar-refractivity contribution in [2.75, 3.05) is 19.0 Å². The molecule has 1 aliphatic heterocycles. The van der Waals surface area contributed by atoms with Crippen LogP contribution in [0.3, 0.4) is 0 Å². The number of rotatable bonds is 5. The smallest absolute Gasteiger partial charge is 0.158 e. The monoisotopic (exact) mass is 268 g/mol. The van der Waals surface area contributed by atoms with Gasteiger partial charge in [-0.15, -0.1) is 0 Å². The van der Waals surface area contributed by atoms with Gasteiger partial charge in [-0.05, 0) is 18.9 Å². The second kappa shape index (κ2) is 7.02. The lowest BCUT2D eigenvalue weighted by atomic mass is 10.2. The molecule has 100 valence electrons. The van der Waals surface area contributed by atoms with Crippen molar-refractivity contribution in [2.45, 2.75) is 31.8 Å². The predicted octanol–water partition coefficient (Wildman–Crippen LogP) is 2.40. The Balaban J connectivity index is 1.74. The zero-order valence-electron chi connectivity index (χ0n) is 10.8. The van der Waals surface area contributed by atoms with Crippen LogP contribution in [0.5, 0.6) is 0 Å². The van der Waals surface area contributed by atoms with Crippen LogP contribution in [0.2, 0.25) is 0 Å². The summed E-state index contributed by atoms with van der Waals surface area (Å²) in [5.74, 6) is 1.26. The molecule has 2 rings (SSSR count). The third-order valence-corrected chi connectivity index (χ3v) is 4.23. The normalized spacial score (nSPS) is 18.7. The molecule has 1 atom stereocenters. The van der Waals surface area contributed by atoms with Crippen molar-refractivity contribution >= 4 is 10.8 Å². The van der Waals surface area contributed by atoms with Crippen LogP contribution in [0.1, 0.15) is 24.0 Å². The van der Waals surface area contributed by atoms with E-state index in [4.69, 9.17) is 9.47 Å². The van der Waals surface area contributed by atoms with Gasteiger partial charge < -0.3 is 9.47 Å². The lowest BCUT2D eigenvalue weighted by Gasteiger charge is -2.22. The third kappa shape index (κ3) is 4.52. The summed E-state index contributed by atoms with van der Waals surface area (Å²) < 4.78 is 22.8. The molecule has 3 nitrogen and oxygen atoms in total. The molecular weight excluding hydrogens is 248 g/mol. The van der Waals surface area contributed by atoms with E-state index in [1.165, 1.54) is 5.56 Å². The number of benzene rings is 1. The highest BCUT2D eigenvalue weighted by Crippen LogP contribution is 2.11. The zero-order chi connectivity index (χ0) is 12.8. The van der Waals surface area contributed by atoms with Crippen molar-refractivity contribution in [1.82, 2.24) is 0 Å². The molecule has 1 heterocycles. The van der Waals surface area contributed by atoms with E-state index >= 15 is 0 Å². The zero-order valence-corrected chi connectivity index (χ0v) is 11.6. The van der Waals surface area contributed by atoms with Gasteiger partial charge in [-0.2, -0.15) is 0 Å². The van der Waals surface area contributed by atoms with Crippen LogP contribution < -0.4 is 0 Å². The quantitative estimate of drug-likeness (QED) is 0.822. The topological polar surface area (TPSA) is 35.5 Å². The van der Waals surface area contributed by atoms with Crippen molar-refractivity contribution in [3.63, 3.8) is 0 Å². The highest BCUT2D eigenvalue weighted by atomic mass is 32.2. The standard InChI is InChI=1S/C14H20O3S/c1-12-4-2-5-13(10-12)11-18(15)9-6-14-16-7-3-8-17-14/h2,4-5,10,14H,3,6-9,11H2,1H3. The van der Waals surface area contributed by atoms with Gasteiger partial charge in [0.2, 0.25) is 0 Å². The van der Waals surface area contributed by atoms with Crippen LogP contribution in [-0.2, 0) is 26.0 Å². The molecule has 4 heteroatoms. The molecule has 1 aliphatic rings. The Morgan fingerprint density at radius 2 is 2.11 bits per heavy atom. The SMILES string of the molecule is Cc1cccc(CS(=O)CCC2OCCCO2)c1. The second-order valence-corrected chi connectivity index (χ2v) is 6.17. The van der Waals surface area contributed by atoms with E-state index in [9.17, 15) is 4.21 Å². The van der Waals surface area contributed by atoms with E-state index in [0.29, 0.717) is 11.5 Å². The van der Waals surface area contributed by atoms with Gasteiger partial charge in [0.1, 0.15) is 0 Å². The Hall–Kier alpha value is -0.710. The Kier molecular flexibility index (Phi) is 5.35.